The number of halogens is 1. The average Bonchev–Trinajstić information content (AvgIpc) is 2.98. The van der Waals surface area contributed by atoms with Crippen LogP contribution in [0.1, 0.15) is 48.1 Å². The van der Waals surface area contributed by atoms with Crippen molar-refractivity contribution in [2.45, 2.75) is 32.2 Å². The second-order valence-electron chi connectivity index (χ2n) is 7.33. The Balaban J connectivity index is 1.73. The number of anilines is 1. The van der Waals surface area contributed by atoms with Crippen LogP contribution >= 0.6 is 11.6 Å². The number of allylic oxidation sites excluding steroid dienone is 1. The topological polar surface area (TPSA) is 63.2 Å². The minimum atomic E-state index is -0.388. The summed E-state index contributed by atoms with van der Waals surface area (Å²) in [5.74, 6) is 0.396. The first-order valence-corrected chi connectivity index (χ1v) is 9.83. The maximum absolute atomic E-state index is 13.2. The monoisotopic (exact) mass is 405 g/mol. The third-order valence-corrected chi connectivity index (χ3v) is 5.29. The van der Waals surface area contributed by atoms with Crippen molar-refractivity contribution in [1.82, 2.24) is 9.97 Å². The van der Waals surface area contributed by atoms with E-state index in [0.717, 1.165) is 16.5 Å². The van der Waals surface area contributed by atoms with Crippen molar-refractivity contribution < 1.29 is 9.59 Å². The highest BCUT2D eigenvalue weighted by atomic mass is 35.5. The number of aromatic nitrogens is 2. The molecule has 6 heteroatoms. The van der Waals surface area contributed by atoms with E-state index in [1.807, 2.05) is 37.3 Å². The van der Waals surface area contributed by atoms with Gasteiger partial charge in [0.1, 0.15) is 16.8 Å². The van der Waals surface area contributed by atoms with Crippen molar-refractivity contribution in [3.63, 3.8) is 0 Å². The molecule has 0 saturated heterocycles. The van der Waals surface area contributed by atoms with E-state index in [1.165, 1.54) is 0 Å². The fourth-order valence-electron chi connectivity index (χ4n) is 3.63. The number of carbonyl (C=O) groups is 2. The standard InChI is InChI=1S/C23H20ClN3O2/c1-14(2)7-10-16(28)13-19-17-5-3-4-6-18(17)23(29)27(19)21-12-9-15-8-11-20(24)25-22(15)26-21/h3-6,8-9,11-12,19H,1,7,10,13H2,2H3. The van der Waals surface area contributed by atoms with Crippen molar-refractivity contribution in [3.8, 4) is 0 Å². The summed E-state index contributed by atoms with van der Waals surface area (Å²) in [4.78, 5) is 36.2. The summed E-state index contributed by atoms with van der Waals surface area (Å²) in [6.45, 7) is 5.77. The van der Waals surface area contributed by atoms with Crippen molar-refractivity contribution in [2.75, 3.05) is 4.90 Å². The zero-order valence-electron chi connectivity index (χ0n) is 16.1. The van der Waals surface area contributed by atoms with E-state index in [2.05, 4.69) is 16.5 Å². The lowest BCUT2D eigenvalue weighted by Gasteiger charge is -2.24. The van der Waals surface area contributed by atoms with Crippen molar-refractivity contribution in [3.05, 3.63) is 77.0 Å². The molecule has 1 unspecified atom stereocenters. The summed E-state index contributed by atoms with van der Waals surface area (Å²) in [7, 11) is 0. The van der Waals surface area contributed by atoms with Gasteiger partial charge in [-0.3, -0.25) is 14.5 Å². The van der Waals surface area contributed by atoms with Gasteiger partial charge in [-0.15, -0.1) is 6.58 Å². The SMILES string of the molecule is C=C(C)CCC(=O)CC1c2ccccc2C(=O)N1c1ccc2ccc(Cl)nc2n1. The zero-order valence-corrected chi connectivity index (χ0v) is 16.8. The molecule has 29 heavy (non-hydrogen) atoms. The first kappa shape index (κ1) is 19.3. The molecule has 146 valence electrons. The fraction of sp³-hybridized carbons (Fsp3) is 0.217. The number of nitrogens with zero attached hydrogens (tertiary/aromatic N) is 3. The second-order valence-corrected chi connectivity index (χ2v) is 7.72. The highest BCUT2D eigenvalue weighted by Gasteiger charge is 2.39. The largest absolute Gasteiger partial charge is 0.300 e. The normalized spacial score (nSPS) is 15.6. The summed E-state index contributed by atoms with van der Waals surface area (Å²) >= 11 is 6.01. The molecule has 0 bridgehead atoms. The molecule has 0 saturated carbocycles. The molecule has 5 nitrogen and oxygen atoms in total. The molecule has 1 aromatic carbocycles. The highest BCUT2D eigenvalue weighted by molar-refractivity contribution is 6.29. The molecule has 1 amide bonds. The van der Waals surface area contributed by atoms with Gasteiger partial charge >= 0.3 is 0 Å². The van der Waals surface area contributed by atoms with Crippen LogP contribution in [0.4, 0.5) is 5.82 Å². The molecule has 0 radical (unpaired) electrons. The summed E-state index contributed by atoms with van der Waals surface area (Å²) < 4.78 is 0. The van der Waals surface area contributed by atoms with Gasteiger partial charge in [-0.25, -0.2) is 9.97 Å². The van der Waals surface area contributed by atoms with E-state index < -0.39 is 0 Å². The maximum Gasteiger partial charge on any atom is 0.260 e. The number of hydrogen-bond donors (Lipinski definition) is 0. The molecular weight excluding hydrogens is 386 g/mol. The van der Waals surface area contributed by atoms with E-state index in [4.69, 9.17) is 11.6 Å². The quantitative estimate of drug-likeness (QED) is 0.412. The van der Waals surface area contributed by atoms with Crippen LogP contribution in [0.3, 0.4) is 0 Å². The number of rotatable bonds is 6. The summed E-state index contributed by atoms with van der Waals surface area (Å²) in [5.41, 5.74) is 2.89. The third-order valence-electron chi connectivity index (χ3n) is 5.08. The van der Waals surface area contributed by atoms with Crippen LogP contribution in [0, 0.1) is 0 Å². The Labute approximate surface area is 174 Å². The predicted octanol–water partition coefficient (Wildman–Crippen LogP) is 5.30. The fourth-order valence-corrected chi connectivity index (χ4v) is 3.77. The molecule has 2 aromatic heterocycles. The van der Waals surface area contributed by atoms with Gasteiger partial charge in [0.05, 0.1) is 6.04 Å². The Hall–Kier alpha value is -3.05. The number of fused-ring (bicyclic) bond motifs is 2. The lowest BCUT2D eigenvalue weighted by atomic mass is 9.98. The highest BCUT2D eigenvalue weighted by Crippen LogP contribution is 2.39. The number of ketones is 1. The van der Waals surface area contributed by atoms with E-state index >= 15 is 0 Å². The molecule has 0 fully saturated rings. The molecule has 1 atom stereocenters. The molecule has 1 aliphatic heterocycles. The molecule has 3 aromatic rings. The average molecular weight is 406 g/mol. The van der Waals surface area contributed by atoms with Crippen LogP contribution in [0.25, 0.3) is 11.0 Å². The van der Waals surface area contributed by atoms with Crippen LogP contribution in [0.5, 0.6) is 0 Å². The minimum absolute atomic E-state index is 0.0921. The Morgan fingerprint density at radius 2 is 1.86 bits per heavy atom. The van der Waals surface area contributed by atoms with E-state index in [0.29, 0.717) is 35.0 Å². The van der Waals surface area contributed by atoms with Gasteiger partial charge in [-0.1, -0.05) is 35.4 Å². The van der Waals surface area contributed by atoms with Crippen molar-refractivity contribution in [2.24, 2.45) is 0 Å². The van der Waals surface area contributed by atoms with Gasteiger partial charge in [0.2, 0.25) is 0 Å². The lowest BCUT2D eigenvalue weighted by molar-refractivity contribution is -0.119. The van der Waals surface area contributed by atoms with Gasteiger partial charge in [0, 0.05) is 23.8 Å². The Kier molecular flexibility index (Phi) is 5.16. The first-order valence-electron chi connectivity index (χ1n) is 9.46. The van der Waals surface area contributed by atoms with Crippen molar-refractivity contribution >= 4 is 40.1 Å². The van der Waals surface area contributed by atoms with Crippen LogP contribution in [0.2, 0.25) is 5.15 Å². The molecule has 4 rings (SSSR count). The van der Waals surface area contributed by atoms with Gasteiger partial charge in [0.15, 0.2) is 5.65 Å². The smallest absolute Gasteiger partial charge is 0.260 e. The maximum atomic E-state index is 13.2. The van der Waals surface area contributed by atoms with Gasteiger partial charge in [-0.05, 0) is 49.2 Å². The van der Waals surface area contributed by atoms with Gasteiger partial charge < -0.3 is 0 Å². The Morgan fingerprint density at radius 3 is 2.66 bits per heavy atom. The van der Waals surface area contributed by atoms with Crippen LogP contribution < -0.4 is 4.90 Å². The van der Waals surface area contributed by atoms with E-state index in [-0.39, 0.29) is 24.2 Å². The van der Waals surface area contributed by atoms with Gasteiger partial charge in [0.25, 0.3) is 5.91 Å². The second kappa shape index (κ2) is 7.76. The summed E-state index contributed by atoms with van der Waals surface area (Å²) in [6, 6.07) is 14.2. The zero-order chi connectivity index (χ0) is 20.5. The third kappa shape index (κ3) is 3.78. The van der Waals surface area contributed by atoms with Crippen LogP contribution in [-0.2, 0) is 4.79 Å². The number of amides is 1. The van der Waals surface area contributed by atoms with Crippen molar-refractivity contribution in [1.29, 1.82) is 0 Å². The van der Waals surface area contributed by atoms with Gasteiger partial charge in [-0.2, -0.15) is 0 Å². The Bertz CT molecular complexity index is 1140. The van der Waals surface area contributed by atoms with Crippen LogP contribution in [0.15, 0.2) is 60.7 Å². The molecule has 0 spiro atoms. The number of pyridine rings is 2. The number of hydrogen-bond acceptors (Lipinski definition) is 4. The first-order chi connectivity index (χ1) is 13.9. The van der Waals surface area contributed by atoms with Crippen LogP contribution in [-0.4, -0.2) is 21.7 Å². The summed E-state index contributed by atoms with van der Waals surface area (Å²) in [5, 5.41) is 1.17. The lowest BCUT2D eigenvalue weighted by Crippen LogP contribution is -2.30. The van der Waals surface area contributed by atoms with E-state index in [9.17, 15) is 9.59 Å². The van der Waals surface area contributed by atoms with E-state index in [1.54, 1.807) is 23.1 Å². The molecule has 3 heterocycles. The molecule has 0 N–H and O–H groups in total. The molecule has 0 aliphatic carbocycles. The molecule has 1 aliphatic rings. The summed E-state index contributed by atoms with van der Waals surface area (Å²) in [6.07, 6.45) is 1.30. The number of Topliss-reactive ketones (excluding diaryl/α,β-unsaturated/α-hetero) is 1. The Morgan fingerprint density at radius 1 is 1.10 bits per heavy atom. The minimum Gasteiger partial charge on any atom is -0.300 e. The number of carbonyl (C=O) groups excluding carboxylic acids is 2. The molecular formula is C23H20ClN3O2. The number of benzene rings is 1. The predicted molar refractivity (Wildman–Crippen MR) is 114 cm³/mol.